The van der Waals surface area contributed by atoms with Gasteiger partial charge in [-0.1, -0.05) is 48.5 Å². The number of benzene rings is 4. The quantitative estimate of drug-likeness (QED) is 0.282. The number of ether oxygens (including phenoxy) is 2. The fourth-order valence-corrected chi connectivity index (χ4v) is 2.87. The van der Waals surface area contributed by atoms with E-state index in [0.29, 0.717) is 11.5 Å². The van der Waals surface area contributed by atoms with Gasteiger partial charge in [0.25, 0.3) is 0 Å². The molecule has 0 aromatic heterocycles. The SMILES string of the molecule is O=C(O)c1cccc(C(=O)O)c1.O=C(Oc1ccccc1)c1cccc(C(=O)Oc2ccccc2)c1. The molecule has 180 valence electrons. The van der Waals surface area contributed by atoms with Crippen LogP contribution in [0.5, 0.6) is 11.5 Å². The first-order valence-electron chi connectivity index (χ1n) is 10.5. The van der Waals surface area contributed by atoms with Gasteiger partial charge in [0.1, 0.15) is 11.5 Å². The van der Waals surface area contributed by atoms with Gasteiger partial charge in [-0.05, 0) is 60.7 Å². The van der Waals surface area contributed by atoms with E-state index in [1.54, 1.807) is 66.7 Å². The topological polar surface area (TPSA) is 127 Å². The van der Waals surface area contributed by atoms with Gasteiger partial charge in [0, 0.05) is 0 Å². The van der Waals surface area contributed by atoms with E-state index in [0.717, 1.165) is 6.07 Å². The maximum Gasteiger partial charge on any atom is 0.343 e. The monoisotopic (exact) mass is 484 g/mol. The number of carbonyl (C=O) groups excluding carboxylic acids is 2. The van der Waals surface area contributed by atoms with Crippen LogP contribution in [0.25, 0.3) is 0 Å². The van der Waals surface area contributed by atoms with Crippen molar-refractivity contribution >= 4 is 23.9 Å². The van der Waals surface area contributed by atoms with Gasteiger partial charge in [0.05, 0.1) is 22.3 Å². The summed E-state index contributed by atoms with van der Waals surface area (Å²) in [7, 11) is 0. The van der Waals surface area contributed by atoms with Crippen LogP contribution >= 0.6 is 0 Å². The molecule has 4 rings (SSSR count). The summed E-state index contributed by atoms with van der Waals surface area (Å²) in [6.07, 6.45) is 0. The molecule has 0 heterocycles. The molecule has 0 aliphatic carbocycles. The summed E-state index contributed by atoms with van der Waals surface area (Å²) >= 11 is 0. The number of hydrogen-bond donors (Lipinski definition) is 2. The zero-order chi connectivity index (χ0) is 25.9. The Morgan fingerprint density at radius 3 is 1.14 bits per heavy atom. The number of rotatable bonds is 6. The van der Waals surface area contributed by atoms with Crippen molar-refractivity contribution in [2.24, 2.45) is 0 Å². The molecule has 0 aliphatic rings. The lowest BCUT2D eigenvalue weighted by atomic mass is 10.1. The van der Waals surface area contributed by atoms with Crippen molar-refractivity contribution in [3.63, 3.8) is 0 Å². The molecular weight excluding hydrogens is 464 g/mol. The Hall–Kier alpha value is -5.24. The molecule has 0 fully saturated rings. The zero-order valence-corrected chi connectivity index (χ0v) is 18.7. The van der Waals surface area contributed by atoms with Crippen molar-refractivity contribution in [1.82, 2.24) is 0 Å². The first kappa shape index (κ1) is 25.4. The van der Waals surface area contributed by atoms with Crippen LogP contribution in [0.1, 0.15) is 41.4 Å². The van der Waals surface area contributed by atoms with Gasteiger partial charge in [0.15, 0.2) is 0 Å². The summed E-state index contributed by atoms with van der Waals surface area (Å²) in [4.78, 5) is 45.1. The highest BCUT2D eigenvalue weighted by Crippen LogP contribution is 2.15. The minimum absolute atomic E-state index is 0.0186. The van der Waals surface area contributed by atoms with Crippen LogP contribution in [0.2, 0.25) is 0 Å². The molecular formula is C28H20O8. The summed E-state index contributed by atoms with van der Waals surface area (Å²) in [6, 6.07) is 28.9. The molecule has 0 atom stereocenters. The van der Waals surface area contributed by atoms with E-state index >= 15 is 0 Å². The standard InChI is InChI=1S/C20H14O4.C8H6O4/c21-19(23-17-10-3-1-4-11-17)15-8-7-9-16(14-15)20(22)24-18-12-5-2-6-13-18;9-7(10)5-2-1-3-6(4-5)8(11)12/h1-14H;1-4H,(H,9,10)(H,11,12). The van der Waals surface area contributed by atoms with E-state index < -0.39 is 23.9 Å². The molecule has 0 amide bonds. The van der Waals surface area contributed by atoms with Crippen molar-refractivity contribution in [3.8, 4) is 11.5 Å². The lowest BCUT2D eigenvalue weighted by Crippen LogP contribution is -2.12. The second-order valence-corrected chi connectivity index (χ2v) is 7.18. The molecule has 0 spiro atoms. The maximum atomic E-state index is 12.2. The number of esters is 2. The summed E-state index contributed by atoms with van der Waals surface area (Å²) in [5, 5.41) is 17.0. The smallest absolute Gasteiger partial charge is 0.343 e. The molecule has 0 bridgehead atoms. The van der Waals surface area contributed by atoms with Crippen molar-refractivity contribution in [1.29, 1.82) is 0 Å². The van der Waals surface area contributed by atoms with Crippen molar-refractivity contribution in [2.45, 2.75) is 0 Å². The number of carboxylic acid groups (broad SMARTS) is 2. The Balaban J connectivity index is 0.000000253. The number of carboxylic acids is 2. The highest BCUT2D eigenvalue weighted by Gasteiger charge is 2.14. The third kappa shape index (κ3) is 7.39. The van der Waals surface area contributed by atoms with Crippen LogP contribution in [0.15, 0.2) is 109 Å². The van der Waals surface area contributed by atoms with Crippen molar-refractivity contribution in [3.05, 3.63) is 131 Å². The van der Waals surface area contributed by atoms with Gasteiger partial charge >= 0.3 is 23.9 Å². The number of hydrogen-bond acceptors (Lipinski definition) is 6. The Morgan fingerprint density at radius 1 is 0.444 bits per heavy atom. The van der Waals surface area contributed by atoms with Gasteiger partial charge in [-0.2, -0.15) is 0 Å². The Labute approximate surface area is 206 Å². The van der Waals surface area contributed by atoms with Gasteiger partial charge in [-0.15, -0.1) is 0 Å². The van der Waals surface area contributed by atoms with E-state index in [-0.39, 0.29) is 22.3 Å². The third-order valence-electron chi connectivity index (χ3n) is 4.60. The van der Waals surface area contributed by atoms with Crippen LogP contribution in [-0.4, -0.2) is 34.1 Å². The van der Waals surface area contributed by atoms with Crippen LogP contribution in [0.3, 0.4) is 0 Å². The van der Waals surface area contributed by atoms with E-state index in [4.69, 9.17) is 19.7 Å². The molecule has 8 nitrogen and oxygen atoms in total. The molecule has 0 saturated carbocycles. The van der Waals surface area contributed by atoms with Gasteiger partial charge < -0.3 is 19.7 Å². The van der Waals surface area contributed by atoms with E-state index in [2.05, 4.69) is 0 Å². The summed E-state index contributed by atoms with van der Waals surface area (Å²) in [5.74, 6) is -2.43. The number of carbonyl (C=O) groups is 4. The fraction of sp³-hybridized carbons (Fsp3) is 0. The van der Waals surface area contributed by atoms with Crippen molar-refractivity contribution in [2.75, 3.05) is 0 Å². The van der Waals surface area contributed by atoms with Crippen LogP contribution in [0.4, 0.5) is 0 Å². The van der Waals surface area contributed by atoms with Crippen LogP contribution in [-0.2, 0) is 0 Å². The average molecular weight is 484 g/mol. The number of aromatic carboxylic acids is 2. The normalized spacial score (nSPS) is 9.78. The molecule has 2 N–H and O–H groups in total. The second kappa shape index (κ2) is 12.3. The first-order valence-corrected chi connectivity index (χ1v) is 10.5. The van der Waals surface area contributed by atoms with Gasteiger partial charge in [0.2, 0.25) is 0 Å². The summed E-state index contributed by atoms with van der Waals surface area (Å²) in [5.41, 5.74) is 0.521. The highest BCUT2D eigenvalue weighted by atomic mass is 16.5. The Kier molecular flexibility index (Phi) is 8.66. The minimum atomic E-state index is -1.13. The minimum Gasteiger partial charge on any atom is -0.478 e. The Bertz CT molecular complexity index is 1270. The van der Waals surface area contributed by atoms with E-state index in [9.17, 15) is 19.2 Å². The molecule has 4 aromatic carbocycles. The Morgan fingerprint density at radius 2 is 0.778 bits per heavy atom. The largest absolute Gasteiger partial charge is 0.478 e. The molecule has 0 radical (unpaired) electrons. The van der Waals surface area contributed by atoms with E-state index in [1.165, 1.54) is 24.3 Å². The predicted octanol–water partition coefficient (Wildman–Crippen LogP) is 5.21. The van der Waals surface area contributed by atoms with E-state index in [1.807, 2.05) is 12.1 Å². The van der Waals surface area contributed by atoms with Gasteiger partial charge in [-0.3, -0.25) is 0 Å². The average Bonchev–Trinajstić information content (AvgIpc) is 2.90. The lowest BCUT2D eigenvalue weighted by Gasteiger charge is -2.07. The maximum absolute atomic E-state index is 12.2. The summed E-state index contributed by atoms with van der Waals surface area (Å²) < 4.78 is 10.5. The number of para-hydroxylation sites is 2. The van der Waals surface area contributed by atoms with Crippen molar-refractivity contribution < 1.29 is 38.9 Å². The van der Waals surface area contributed by atoms with Gasteiger partial charge in [-0.25, -0.2) is 19.2 Å². The fourth-order valence-electron chi connectivity index (χ4n) is 2.87. The first-order chi connectivity index (χ1) is 17.3. The third-order valence-corrected chi connectivity index (χ3v) is 4.60. The predicted molar refractivity (Wildman–Crippen MR) is 130 cm³/mol. The lowest BCUT2D eigenvalue weighted by molar-refractivity contribution is 0.0689. The van der Waals surface area contributed by atoms with Crippen LogP contribution in [0, 0.1) is 0 Å². The molecule has 8 heteroatoms. The summed E-state index contributed by atoms with van der Waals surface area (Å²) in [6.45, 7) is 0. The molecule has 4 aromatic rings. The highest BCUT2D eigenvalue weighted by molar-refractivity contribution is 5.97. The zero-order valence-electron chi connectivity index (χ0n) is 18.7. The molecule has 0 unspecified atom stereocenters. The molecule has 36 heavy (non-hydrogen) atoms. The molecule has 0 aliphatic heterocycles. The van der Waals surface area contributed by atoms with Crippen LogP contribution < -0.4 is 9.47 Å². The second-order valence-electron chi connectivity index (χ2n) is 7.18. The molecule has 0 saturated heterocycles.